The van der Waals surface area contributed by atoms with Gasteiger partial charge in [-0.15, -0.1) is 0 Å². The molecule has 0 saturated carbocycles. The summed E-state index contributed by atoms with van der Waals surface area (Å²) in [5, 5.41) is 3.28. The molecule has 3 heteroatoms. The second-order valence-corrected chi connectivity index (χ2v) is 4.71. The maximum Gasteiger partial charge on any atom is 0.0591 e. The van der Waals surface area contributed by atoms with Gasteiger partial charge in [0, 0.05) is 14.6 Å². The Labute approximate surface area is 102 Å². The Kier molecular flexibility index (Phi) is 7.81. The highest BCUT2D eigenvalue weighted by Crippen LogP contribution is 2.17. The van der Waals surface area contributed by atoms with E-state index in [-0.39, 0.29) is 1.43 Å². The third-order valence-corrected chi connectivity index (χ3v) is 3.27. The minimum atomic E-state index is 0. The van der Waals surface area contributed by atoms with Crippen LogP contribution in [0.3, 0.4) is 0 Å². The third-order valence-electron chi connectivity index (χ3n) is 3.27. The fraction of sp³-hybridized carbons (Fsp3) is 1.00. The lowest BCUT2D eigenvalue weighted by atomic mass is 9.98. The highest BCUT2D eigenvalue weighted by atomic mass is 16.5. The van der Waals surface area contributed by atoms with Gasteiger partial charge in [0.1, 0.15) is 0 Å². The maximum atomic E-state index is 5.69. The minimum absolute atomic E-state index is 0. The number of likely N-dealkylation sites (N-methyl/N-ethyl adjacent to an activating group) is 1. The van der Waals surface area contributed by atoms with Crippen LogP contribution in [0.15, 0.2) is 0 Å². The number of nitrogens with zero attached hydrogens (tertiary/aromatic N) is 1. The Bertz CT molecular complexity index is 161. The SMILES string of the molecule is CCCN1CCC(COCCNCC)CC1.[HH]. The predicted molar refractivity (Wildman–Crippen MR) is 70.9 cm³/mol. The molecule has 3 nitrogen and oxygen atoms in total. The van der Waals surface area contributed by atoms with Gasteiger partial charge in [-0.1, -0.05) is 13.8 Å². The molecule has 1 heterocycles. The number of hydrogen-bond donors (Lipinski definition) is 1. The van der Waals surface area contributed by atoms with Gasteiger partial charge in [0.2, 0.25) is 0 Å². The van der Waals surface area contributed by atoms with E-state index >= 15 is 0 Å². The molecule has 0 atom stereocenters. The van der Waals surface area contributed by atoms with Crippen molar-refractivity contribution in [1.29, 1.82) is 0 Å². The first-order chi connectivity index (χ1) is 7.86. The van der Waals surface area contributed by atoms with Crippen molar-refractivity contribution >= 4 is 0 Å². The van der Waals surface area contributed by atoms with Crippen LogP contribution in [-0.4, -0.2) is 50.8 Å². The summed E-state index contributed by atoms with van der Waals surface area (Å²) < 4.78 is 5.69. The molecule has 0 bridgehead atoms. The van der Waals surface area contributed by atoms with Crippen molar-refractivity contribution in [3.05, 3.63) is 0 Å². The monoisotopic (exact) mass is 230 g/mol. The van der Waals surface area contributed by atoms with Gasteiger partial charge in [-0.2, -0.15) is 0 Å². The second-order valence-electron chi connectivity index (χ2n) is 4.71. The molecule has 0 aromatic carbocycles. The number of ether oxygens (including phenoxy) is 1. The number of nitrogens with one attached hydrogen (secondary N) is 1. The molecule has 0 aliphatic carbocycles. The van der Waals surface area contributed by atoms with Crippen LogP contribution in [0, 0.1) is 5.92 Å². The third kappa shape index (κ3) is 5.83. The molecule has 1 saturated heterocycles. The quantitative estimate of drug-likeness (QED) is 0.645. The Morgan fingerprint density at radius 1 is 1.31 bits per heavy atom. The smallest absolute Gasteiger partial charge is 0.0591 e. The van der Waals surface area contributed by atoms with Crippen LogP contribution < -0.4 is 5.32 Å². The number of rotatable bonds is 8. The first kappa shape index (κ1) is 13.9. The largest absolute Gasteiger partial charge is 0.380 e. The van der Waals surface area contributed by atoms with E-state index < -0.39 is 0 Å². The fourth-order valence-corrected chi connectivity index (χ4v) is 2.26. The van der Waals surface area contributed by atoms with Gasteiger partial charge in [-0.25, -0.2) is 0 Å². The molecule has 1 fully saturated rings. The van der Waals surface area contributed by atoms with E-state index in [1.165, 1.54) is 38.9 Å². The second kappa shape index (κ2) is 8.97. The zero-order valence-electron chi connectivity index (χ0n) is 11.0. The lowest BCUT2D eigenvalue weighted by Crippen LogP contribution is -2.35. The van der Waals surface area contributed by atoms with Crippen molar-refractivity contribution in [2.45, 2.75) is 33.1 Å². The summed E-state index contributed by atoms with van der Waals surface area (Å²) in [6.45, 7) is 12.1. The standard InChI is InChI=1S/C13H28N2O.H2/c1-3-8-15-9-5-13(6-10-15)12-16-11-7-14-4-2;/h13-14H,3-12H2,1-2H3;1H. The lowest BCUT2D eigenvalue weighted by molar-refractivity contribution is 0.0686. The first-order valence-corrected chi connectivity index (χ1v) is 6.87. The molecule has 1 N–H and O–H groups in total. The highest BCUT2D eigenvalue weighted by Gasteiger charge is 2.18. The molecule has 16 heavy (non-hydrogen) atoms. The normalized spacial score (nSPS) is 19.1. The zero-order chi connectivity index (χ0) is 11.6. The van der Waals surface area contributed by atoms with Crippen LogP contribution in [0.25, 0.3) is 0 Å². The molecule has 1 rings (SSSR count). The van der Waals surface area contributed by atoms with Gasteiger partial charge >= 0.3 is 0 Å². The van der Waals surface area contributed by atoms with E-state index in [4.69, 9.17) is 4.74 Å². The Hall–Kier alpha value is -0.120. The zero-order valence-corrected chi connectivity index (χ0v) is 11.0. The summed E-state index contributed by atoms with van der Waals surface area (Å²) in [6.07, 6.45) is 3.92. The molecule has 1 aliphatic heterocycles. The van der Waals surface area contributed by atoms with Crippen LogP contribution in [0.1, 0.15) is 34.5 Å². The van der Waals surface area contributed by atoms with Gasteiger partial charge in [0.05, 0.1) is 6.61 Å². The van der Waals surface area contributed by atoms with E-state index in [2.05, 4.69) is 24.1 Å². The Morgan fingerprint density at radius 3 is 2.69 bits per heavy atom. The number of hydrogen-bond acceptors (Lipinski definition) is 3. The van der Waals surface area contributed by atoms with Crippen LogP contribution >= 0.6 is 0 Å². The summed E-state index contributed by atoms with van der Waals surface area (Å²) >= 11 is 0. The van der Waals surface area contributed by atoms with Crippen molar-refractivity contribution in [2.75, 3.05) is 45.9 Å². The van der Waals surface area contributed by atoms with Crippen molar-refractivity contribution in [1.82, 2.24) is 10.2 Å². The number of piperidine rings is 1. The molecule has 0 aromatic rings. The predicted octanol–water partition coefficient (Wildman–Crippen LogP) is 1.98. The molecule has 0 spiro atoms. The van der Waals surface area contributed by atoms with Gasteiger partial charge in [0.15, 0.2) is 0 Å². The van der Waals surface area contributed by atoms with E-state index in [0.717, 1.165) is 32.2 Å². The van der Waals surface area contributed by atoms with Gasteiger partial charge in [-0.05, 0) is 51.4 Å². The summed E-state index contributed by atoms with van der Waals surface area (Å²) in [4.78, 5) is 2.58. The molecular weight excluding hydrogens is 200 g/mol. The molecular formula is C13H30N2O. The molecule has 1 aliphatic rings. The van der Waals surface area contributed by atoms with E-state index in [0.29, 0.717) is 0 Å². The summed E-state index contributed by atoms with van der Waals surface area (Å²) in [5.41, 5.74) is 0. The van der Waals surface area contributed by atoms with Crippen molar-refractivity contribution in [2.24, 2.45) is 5.92 Å². The Balaban J connectivity index is 0.00000256. The van der Waals surface area contributed by atoms with Gasteiger partial charge in [0.25, 0.3) is 0 Å². The van der Waals surface area contributed by atoms with Crippen LogP contribution in [0.5, 0.6) is 0 Å². The fourth-order valence-electron chi connectivity index (χ4n) is 2.26. The molecule has 0 radical (unpaired) electrons. The molecule has 0 unspecified atom stereocenters. The van der Waals surface area contributed by atoms with Crippen molar-refractivity contribution in [3.63, 3.8) is 0 Å². The average Bonchev–Trinajstić information content (AvgIpc) is 2.31. The topological polar surface area (TPSA) is 24.5 Å². The first-order valence-electron chi connectivity index (χ1n) is 6.87. The average molecular weight is 230 g/mol. The van der Waals surface area contributed by atoms with Crippen molar-refractivity contribution < 1.29 is 6.16 Å². The highest BCUT2D eigenvalue weighted by molar-refractivity contribution is 4.71. The molecule has 0 aromatic heterocycles. The Morgan fingerprint density at radius 2 is 2.06 bits per heavy atom. The van der Waals surface area contributed by atoms with E-state index in [1.807, 2.05) is 0 Å². The van der Waals surface area contributed by atoms with Gasteiger partial charge < -0.3 is 15.0 Å². The van der Waals surface area contributed by atoms with Crippen LogP contribution in [0.4, 0.5) is 0 Å². The minimum Gasteiger partial charge on any atom is -0.380 e. The number of likely N-dealkylation sites (tertiary alicyclic amines) is 1. The molecule has 0 amide bonds. The van der Waals surface area contributed by atoms with E-state index in [1.54, 1.807) is 0 Å². The summed E-state index contributed by atoms with van der Waals surface area (Å²) in [6, 6.07) is 0. The van der Waals surface area contributed by atoms with Crippen LogP contribution in [-0.2, 0) is 4.74 Å². The molecule has 98 valence electrons. The lowest BCUT2D eigenvalue weighted by Gasteiger charge is -2.31. The van der Waals surface area contributed by atoms with Crippen LogP contribution in [0.2, 0.25) is 0 Å². The summed E-state index contributed by atoms with van der Waals surface area (Å²) in [5.74, 6) is 0.801. The summed E-state index contributed by atoms with van der Waals surface area (Å²) in [7, 11) is 0. The van der Waals surface area contributed by atoms with Crippen molar-refractivity contribution in [3.8, 4) is 0 Å². The van der Waals surface area contributed by atoms with Gasteiger partial charge in [-0.3, -0.25) is 0 Å². The maximum absolute atomic E-state index is 5.69. The van der Waals surface area contributed by atoms with E-state index in [9.17, 15) is 0 Å².